The lowest BCUT2D eigenvalue weighted by Crippen LogP contribution is -2.35. The van der Waals surface area contributed by atoms with Gasteiger partial charge in [-0.3, -0.25) is 0 Å². The van der Waals surface area contributed by atoms with Crippen LogP contribution < -0.4 is 10.4 Å². The average molecular weight is 476 g/mol. The lowest BCUT2D eigenvalue weighted by Gasteiger charge is -2.21. The molecule has 0 spiro atoms. The molecule has 0 N–H and O–H groups in total. The Morgan fingerprint density at radius 2 is 0.844 bits per heavy atom. The van der Waals surface area contributed by atoms with Crippen molar-refractivity contribution < 1.29 is 57.1 Å². The van der Waals surface area contributed by atoms with Crippen molar-refractivity contribution in [2.75, 3.05) is 0 Å². The molecule has 0 aromatic heterocycles. The SMILES string of the molecule is FC1=C(F)C(F)(F)C=C2C1=c1c(F)c(F)c(F)c(F)c1=C2c1c(F)c(F)c(F)c(F)c1F. The molecule has 0 saturated carbocycles. The number of halogens is 13. The van der Waals surface area contributed by atoms with Crippen LogP contribution in [0.1, 0.15) is 5.56 Å². The second-order valence-corrected chi connectivity index (χ2v) is 6.51. The van der Waals surface area contributed by atoms with Gasteiger partial charge in [-0.2, -0.15) is 8.78 Å². The minimum absolute atomic E-state index is 0.636. The van der Waals surface area contributed by atoms with Crippen molar-refractivity contribution in [1.29, 1.82) is 0 Å². The van der Waals surface area contributed by atoms with Gasteiger partial charge in [0.15, 0.2) is 52.4 Å². The Balaban J connectivity index is 2.39. The van der Waals surface area contributed by atoms with Gasteiger partial charge in [-0.05, 0) is 5.57 Å². The number of benzene rings is 2. The summed E-state index contributed by atoms with van der Waals surface area (Å²) in [4.78, 5) is 0. The second kappa shape index (κ2) is 6.62. The van der Waals surface area contributed by atoms with E-state index in [1.54, 1.807) is 0 Å². The molecule has 2 aliphatic carbocycles. The molecule has 0 bridgehead atoms. The Bertz CT molecular complexity index is 1410. The molecule has 0 unspecified atom stereocenters. The van der Waals surface area contributed by atoms with Crippen LogP contribution in [0.2, 0.25) is 0 Å². The molecule has 0 aliphatic heterocycles. The van der Waals surface area contributed by atoms with Crippen LogP contribution in [-0.4, -0.2) is 5.92 Å². The fourth-order valence-corrected chi connectivity index (χ4v) is 3.45. The van der Waals surface area contributed by atoms with Crippen LogP contribution in [0, 0.1) is 52.4 Å². The highest BCUT2D eigenvalue weighted by Crippen LogP contribution is 2.47. The van der Waals surface area contributed by atoms with Crippen LogP contribution in [0.4, 0.5) is 57.1 Å². The van der Waals surface area contributed by atoms with Crippen molar-refractivity contribution in [1.82, 2.24) is 0 Å². The normalized spacial score (nSPS) is 17.1. The highest BCUT2D eigenvalue weighted by atomic mass is 19.3. The van der Waals surface area contributed by atoms with Crippen molar-refractivity contribution in [2.24, 2.45) is 0 Å². The van der Waals surface area contributed by atoms with Gasteiger partial charge in [0.05, 0.1) is 5.56 Å². The number of alkyl halides is 2. The fraction of sp³-hybridized carbons (Fsp3) is 0.0526. The van der Waals surface area contributed by atoms with E-state index in [1.807, 2.05) is 0 Å². The summed E-state index contributed by atoms with van der Waals surface area (Å²) in [5, 5.41) is -3.65. The third-order valence-corrected chi connectivity index (χ3v) is 4.80. The first kappa shape index (κ1) is 22.0. The molecule has 0 nitrogen and oxygen atoms in total. The van der Waals surface area contributed by atoms with Crippen molar-refractivity contribution in [3.8, 4) is 0 Å². The van der Waals surface area contributed by atoms with Gasteiger partial charge < -0.3 is 0 Å². The molecule has 0 fully saturated rings. The molecular weight excluding hydrogens is 475 g/mol. The van der Waals surface area contributed by atoms with E-state index in [1.165, 1.54) is 0 Å². The highest BCUT2D eigenvalue weighted by molar-refractivity contribution is 6.02. The van der Waals surface area contributed by atoms with E-state index in [2.05, 4.69) is 0 Å². The van der Waals surface area contributed by atoms with Crippen LogP contribution in [-0.2, 0) is 0 Å². The van der Waals surface area contributed by atoms with Crippen LogP contribution in [0.25, 0.3) is 11.1 Å². The number of hydrogen-bond donors (Lipinski definition) is 0. The number of allylic oxidation sites excluding steroid dienone is 4. The minimum Gasteiger partial charge on any atom is -0.203 e. The molecule has 2 aliphatic rings. The highest BCUT2D eigenvalue weighted by Gasteiger charge is 2.47. The van der Waals surface area contributed by atoms with Crippen molar-refractivity contribution in [2.45, 2.75) is 5.92 Å². The molecule has 2 aromatic rings. The summed E-state index contributed by atoms with van der Waals surface area (Å²) in [7, 11) is 0. The van der Waals surface area contributed by atoms with Crippen molar-refractivity contribution >= 4 is 11.1 Å². The summed E-state index contributed by atoms with van der Waals surface area (Å²) >= 11 is 0. The minimum atomic E-state index is -4.93. The van der Waals surface area contributed by atoms with Gasteiger partial charge in [-0.15, -0.1) is 0 Å². The van der Waals surface area contributed by atoms with Gasteiger partial charge in [-0.1, -0.05) is 0 Å². The van der Waals surface area contributed by atoms with E-state index in [-0.39, 0.29) is 0 Å². The van der Waals surface area contributed by atoms with Gasteiger partial charge in [0.2, 0.25) is 11.6 Å². The molecular formula is C19HF13. The monoisotopic (exact) mass is 476 g/mol. The Morgan fingerprint density at radius 1 is 0.469 bits per heavy atom. The standard InChI is InChI=1S/C19HF13/c20-8-5-3(7-10(22)15(27)17(29)16(28)11(7)23)2-1-19(31,32)18(30)12(24)4(2)6(5)9(21)14(26)13(8)25/h1H. The van der Waals surface area contributed by atoms with Crippen LogP contribution in [0.15, 0.2) is 23.3 Å². The van der Waals surface area contributed by atoms with E-state index in [4.69, 9.17) is 0 Å². The predicted molar refractivity (Wildman–Crippen MR) is 79.9 cm³/mol. The molecule has 4 rings (SSSR count). The molecule has 32 heavy (non-hydrogen) atoms. The molecule has 0 radical (unpaired) electrons. The summed E-state index contributed by atoms with van der Waals surface area (Å²) in [6.07, 6.45) is -0.636. The first-order valence-electron chi connectivity index (χ1n) is 8.03. The van der Waals surface area contributed by atoms with E-state index in [9.17, 15) is 57.1 Å². The molecule has 0 heterocycles. The Labute approximate surface area is 166 Å². The van der Waals surface area contributed by atoms with Crippen LogP contribution >= 0.6 is 0 Å². The van der Waals surface area contributed by atoms with Crippen LogP contribution in [0.5, 0.6) is 0 Å². The summed E-state index contributed by atoms with van der Waals surface area (Å²) in [5.41, 5.74) is -7.41. The lowest BCUT2D eigenvalue weighted by molar-refractivity contribution is 0.0652. The van der Waals surface area contributed by atoms with E-state index in [0.29, 0.717) is 0 Å². The number of fused-ring (bicyclic) bond motifs is 2. The summed E-state index contributed by atoms with van der Waals surface area (Å²) in [6.45, 7) is 0. The largest absolute Gasteiger partial charge is 0.321 e. The fourth-order valence-electron chi connectivity index (χ4n) is 3.45. The maximum Gasteiger partial charge on any atom is 0.321 e. The maximum absolute atomic E-state index is 14.5. The molecule has 13 heteroatoms. The zero-order valence-corrected chi connectivity index (χ0v) is 14.5. The zero-order valence-electron chi connectivity index (χ0n) is 14.5. The third kappa shape index (κ3) is 2.53. The maximum atomic E-state index is 14.5. The number of hydrogen-bond acceptors (Lipinski definition) is 0. The van der Waals surface area contributed by atoms with Gasteiger partial charge in [0.1, 0.15) is 0 Å². The lowest BCUT2D eigenvalue weighted by atomic mass is 9.89. The van der Waals surface area contributed by atoms with Crippen LogP contribution in [0.3, 0.4) is 0 Å². The van der Waals surface area contributed by atoms with E-state index >= 15 is 0 Å². The van der Waals surface area contributed by atoms with E-state index < -0.39 is 109 Å². The van der Waals surface area contributed by atoms with Gasteiger partial charge in [-0.25, -0.2) is 48.3 Å². The Hall–Kier alpha value is -3.25. The zero-order chi connectivity index (χ0) is 24.0. The third-order valence-electron chi connectivity index (χ3n) is 4.80. The second-order valence-electron chi connectivity index (χ2n) is 6.51. The summed E-state index contributed by atoms with van der Waals surface area (Å²) in [5.74, 6) is -34.5. The van der Waals surface area contributed by atoms with Gasteiger partial charge in [0.25, 0.3) is 0 Å². The predicted octanol–water partition coefficient (Wildman–Crippen LogP) is 5.03. The topological polar surface area (TPSA) is 0 Å². The van der Waals surface area contributed by atoms with E-state index in [0.717, 1.165) is 0 Å². The average Bonchev–Trinajstić information content (AvgIpc) is 3.06. The Kier molecular flexibility index (Phi) is 4.55. The quantitative estimate of drug-likeness (QED) is 0.308. The smallest absolute Gasteiger partial charge is 0.203 e. The molecule has 2 aromatic carbocycles. The van der Waals surface area contributed by atoms with Gasteiger partial charge in [0, 0.05) is 27.7 Å². The molecule has 168 valence electrons. The first-order valence-corrected chi connectivity index (χ1v) is 8.03. The van der Waals surface area contributed by atoms with Crippen molar-refractivity contribution in [3.05, 3.63) is 91.7 Å². The molecule has 0 saturated heterocycles. The van der Waals surface area contributed by atoms with Crippen molar-refractivity contribution in [3.63, 3.8) is 0 Å². The first-order chi connectivity index (χ1) is 14.7. The molecule has 0 amide bonds. The summed E-state index contributed by atoms with van der Waals surface area (Å²) in [6, 6.07) is 0. The van der Waals surface area contributed by atoms with Gasteiger partial charge >= 0.3 is 5.92 Å². The molecule has 0 atom stereocenters. The number of rotatable bonds is 1. The Morgan fingerprint density at radius 3 is 1.31 bits per heavy atom. The summed E-state index contributed by atoms with van der Waals surface area (Å²) < 4.78 is 182.